The maximum Gasteiger partial charge on any atom is 0.0951 e. The summed E-state index contributed by atoms with van der Waals surface area (Å²) < 4.78 is 11.6. The van der Waals surface area contributed by atoms with Crippen molar-refractivity contribution in [3.05, 3.63) is 0 Å². The molecule has 3 atom stereocenters. The number of piperidine rings is 1. The van der Waals surface area contributed by atoms with Crippen molar-refractivity contribution in [2.75, 3.05) is 32.9 Å². The van der Waals surface area contributed by atoms with Gasteiger partial charge in [-0.3, -0.25) is 4.90 Å². The van der Waals surface area contributed by atoms with E-state index in [2.05, 4.69) is 17.0 Å². The Balaban J connectivity index is 1.64. The molecule has 0 radical (unpaired) electrons. The lowest BCUT2D eigenvalue weighted by Crippen LogP contribution is -2.53. The van der Waals surface area contributed by atoms with Gasteiger partial charge in [0.1, 0.15) is 0 Å². The molecule has 3 rings (SSSR count). The molecule has 0 aromatic carbocycles. The van der Waals surface area contributed by atoms with Crippen molar-refractivity contribution >= 4 is 5.71 Å². The molecule has 114 valence electrons. The summed E-state index contributed by atoms with van der Waals surface area (Å²) in [7, 11) is 0. The fourth-order valence-corrected chi connectivity index (χ4v) is 3.95. The summed E-state index contributed by atoms with van der Waals surface area (Å²) >= 11 is 0. The molecule has 0 aromatic rings. The molecule has 3 unspecified atom stereocenters. The van der Waals surface area contributed by atoms with Gasteiger partial charge in [-0.05, 0) is 19.3 Å². The summed E-state index contributed by atoms with van der Waals surface area (Å²) in [6.45, 7) is 6.66. The molecular formula is C15H26N2O3. The highest BCUT2D eigenvalue weighted by Gasteiger charge is 2.43. The second-order valence-electron chi connectivity index (χ2n) is 6.42. The van der Waals surface area contributed by atoms with Gasteiger partial charge in [-0.1, -0.05) is 12.1 Å². The zero-order chi connectivity index (χ0) is 14.0. The molecule has 0 bridgehead atoms. The number of hydrogen-bond donors (Lipinski definition) is 1. The average Bonchev–Trinajstić information content (AvgIpc) is 2.94. The van der Waals surface area contributed by atoms with E-state index in [9.17, 15) is 0 Å². The van der Waals surface area contributed by atoms with Gasteiger partial charge in [0.15, 0.2) is 0 Å². The van der Waals surface area contributed by atoms with Crippen LogP contribution in [0.15, 0.2) is 5.16 Å². The molecule has 0 saturated carbocycles. The Morgan fingerprint density at radius 2 is 2.35 bits per heavy atom. The smallest absolute Gasteiger partial charge is 0.0951 e. The minimum absolute atomic E-state index is 0.0179. The monoisotopic (exact) mass is 282 g/mol. The first-order valence-electron chi connectivity index (χ1n) is 7.93. The first-order chi connectivity index (χ1) is 9.76. The SMILES string of the molecule is CCC1CN(C2CCOC3(CCOC3)C2)CCC1=NO. The molecule has 3 saturated heterocycles. The van der Waals surface area contributed by atoms with Crippen molar-refractivity contribution < 1.29 is 14.7 Å². The van der Waals surface area contributed by atoms with Gasteiger partial charge in [-0.2, -0.15) is 0 Å². The number of likely N-dealkylation sites (tertiary alicyclic amines) is 1. The summed E-state index contributed by atoms with van der Waals surface area (Å²) in [4.78, 5) is 2.59. The lowest BCUT2D eigenvalue weighted by Gasteiger charge is -2.45. The van der Waals surface area contributed by atoms with Crippen LogP contribution in [0.5, 0.6) is 0 Å². The van der Waals surface area contributed by atoms with Gasteiger partial charge < -0.3 is 14.7 Å². The zero-order valence-electron chi connectivity index (χ0n) is 12.4. The molecule has 3 fully saturated rings. The number of nitrogens with zero attached hydrogens (tertiary/aromatic N) is 2. The molecule has 3 heterocycles. The van der Waals surface area contributed by atoms with Crippen LogP contribution in [-0.4, -0.2) is 60.4 Å². The Morgan fingerprint density at radius 1 is 1.45 bits per heavy atom. The first kappa shape index (κ1) is 14.3. The van der Waals surface area contributed by atoms with Gasteiger partial charge in [0.25, 0.3) is 0 Å². The van der Waals surface area contributed by atoms with Crippen LogP contribution in [0.2, 0.25) is 0 Å². The highest BCUT2D eigenvalue weighted by Crippen LogP contribution is 2.36. The quantitative estimate of drug-likeness (QED) is 0.621. The summed E-state index contributed by atoms with van der Waals surface area (Å²) in [6.07, 6.45) is 5.19. The molecule has 1 N–H and O–H groups in total. The number of oxime groups is 1. The van der Waals surface area contributed by atoms with Crippen molar-refractivity contribution in [2.45, 2.75) is 50.7 Å². The summed E-state index contributed by atoms with van der Waals surface area (Å²) in [5, 5.41) is 12.6. The Hall–Kier alpha value is -0.650. The molecule has 20 heavy (non-hydrogen) atoms. The third kappa shape index (κ3) is 2.71. The van der Waals surface area contributed by atoms with Crippen molar-refractivity contribution in [1.29, 1.82) is 0 Å². The van der Waals surface area contributed by atoms with Crippen LogP contribution in [0.4, 0.5) is 0 Å². The van der Waals surface area contributed by atoms with E-state index in [1.807, 2.05) is 0 Å². The Morgan fingerprint density at radius 3 is 3.05 bits per heavy atom. The van der Waals surface area contributed by atoms with Crippen LogP contribution in [0, 0.1) is 5.92 Å². The van der Waals surface area contributed by atoms with E-state index in [4.69, 9.17) is 14.7 Å². The molecule has 0 aliphatic carbocycles. The Kier molecular flexibility index (Phi) is 4.29. The predicted octanol–water partition coefficient (Wildman–Crippen LogP) is 1.89. The summed E-state index contributed by atoms with van der Waals surface area (Å²) in [6, 6.07) is 0.597. The molecule has 5 heteroatoms. The third-order valence-electron chi connectivity index (χ3n) is 5.25. The number of ether oxygens (including phenoxy) is 2. The lowest BCUT2D eigenvalue weighted by atomic mass is 9.86. The second-order valence-corrected chi connectivity index (χ2v) is 6.42. The Bertz CT molecular complexity index is 366. The van der Waals surface area contributed by atoms with E-state index in [0.717, 1.165) is 70.7 Å². The lowest BCUT2D eigenvalue weighted by molar-refractivity contribution is -0.107. The van der Waals surface area contributed by atoms with Gasteiger partial charge in [0, 0.05) is 51.1 Å². The molecule has 3 aliphatic rings. The molecule has 0 amide bonds. The standard InChI is InChI=1S/C15H26N2O3/c1-2-12-10-17(6-3-14(12)16-18)13-4-7-20-15(9-13)5-8-19-11-15/h12-13,18H,2-11H2,1H3. The second kappa shape index (κ2) is 6.00. The molecule has 3 aliphatic heterocycles. The maximum absolute atomic E-state index is 9.09. The van der Waals surface area contributed by atoms with E-state index >= 15 is 0 Å². The van der Waals surface area contributed by atoms with Crippen LogP contribution in [-0.2, 0) is 9.47 Å². The summed E-state index contributed by atoms with van der Waals surface area (Å²) in [5.41, 5.74) is 0.963. The van der Waals surface area contributed by atoms with E-state index in [0.29, 0.717) is 12.0 Å². The third-order valence-corrected chi connectivity index (χ3v) is 5.25. The van der Waals surface area contributed by atoms with Crippen molar-refractivity contribution in [2.24, 2.45) is 11.1 Å². The minimum atomic E-state index is -0.0179. The zero-order valence-corrected chi connectivity index (χ0v) is 12.4. The highest BCUT2D eigenvalue weighted by molar-refractivity contribution is 5.87. The number of hydrogen-bond acceptors (Lipinski definition) is 5. The minimum Gasteiger partial charge on any atom is -0.411 e. The fraction of sp³-hybridized carbons (Fsp3) is 0.933. The van der Waals surface area contributed by atoms with Gasteiger partial charge in [0.2, 0.25) is 0 Å². The van der Waals surface area contributed by atoms with E-state index in [1.165, 1.54) is 0 Å². The van der Waals surface area contributed by atoms with Crippen LogP contribution in [0.25, 0.3) is 0 Å². The van der Waals surface area contributed by atoms with Crippen molar-refractivity contribution in [3.63, 3.8) is 0 Å². The van der Waals surface area contributed by atoms with Crippen LogP contribution in [0.1, 0.15) is 39.0 Å². The van der Waals surface area contributed by atoms with Crippen LogP contribution in [0.3, 0.4) is 0 Å². The molecule has 5 nitrogen and oxygen atoms in total. The molecule has 1 spiro atoms. The Labute approximate surface area is 120 Å². The van der Waals surface area contributed by atoms with Gasteiger partial charge in [0.05, 0.1) is 17.9 Å². The molecular weight excluding hydrogens is 256 g/mol. The normalized spacial score (nSPS) is 41.5. The summed E-state index contributed by atoms with van der Waals surface area (Å²) in [5.74, 6) is 0.410. The van der Waals surface area contributed by atoms with Crippen LogP contribution < -0.4 is 0 Å². The largest absolute Gasteiger partial charge is 0.411 e. The highest BCUT2D eigenvalue weighted by atomic mass is 16.6. The van der Waals surface area contributed by atoms with E-state index in [1.54, 1.807) is 0 Å². The molecule has 0 aromatic heterocycles. The van der Waals surface area contributed by atoms with E-state index < -0.39 is 0 Å². The van der Waals surface area contributed by atoms with Crippen molar-refractivity contribution in [3.8, 4) is 0 Å². The average molecular weight is 282 g/mol. The van der Waals surface area contributed by atoms with Gasteiger partial charge >= 0.3 is 0 Å². The van der Waals surface area contributed by atoms with Crippen molar-refractivity contribution in [1.82, 2.24) is 4.90 Å². The van der Waals surface area contributed by atoms with E-state index in [-0.39, 0.29) is 5.60 Å². The predicted molar refractivity (Wildman–Crippen MR) is 76.3 cm³/mol. The number of rotatable bonds is 2. The van der Waals surface area contributed by atoms with Gasteiger partial charge in [-0.15, -0.1) is 0 Å². The topological polar surface area (TPSA) is 54.3 Å². The fourth-order valence-electron chi connectivity index (χ4n) is 3.95. The van der Waals surface area contributed by atoms with Gasteiger partial charge in [-0.25, -0.2) is 0 Å². The van der Waals surface area contributed by atoms with Crippen LogP contribution >= 0.6 is 0 Å². The first-order valence-corrected chi connectivity index (χ1v) is 7.93. The maximum atomic E-state index is 9.09.